The second-order valence-electron chi connectivity index (χ2n) is 8.72. The third kappa shape index (κ3) is 6.27. The van der Waals surface area contributed by atoms with Crippen molar-refractivity contribution in [1.29, 1.82) is 0 Å². The molecule has 11 heteroatoms. The summed E-state index contributed by atoms with van der Waals surface area (Å²) in [7, 11) is -3.73. The summed E-state index contributed by atoms with van der Waals surface area (Å²) < 4.78 is 27.9. The van der Waals surface area contributed by atoms with E-state index in [-0.39, 0.29) is 17.0 Å². The first-order chi connectivity index (χ1) is 18.1. The van der Waals surface area contributed by atoms with Crippen LogP contribution < -0.4 is 5.32 Å². The molecule has 0 aromatic heterocycles. The number of sulfonamides is 1. The molecule has 1 atom stereocenters. The highest BCUT2D eigenvalue weighted by Gasteiger charge is 2.33. The summed E-state index contributed by atoms with van der Waals surface area (Å²) in [6.07, 6.45) is 1.52. The molecule has 0 saturated carbocycles. The number of amides is 2. The Kier molecular flexibility index (Phi) is 9.55. The van der Waals surface area contributed by atoms with E-state index in [2.05, 4.69) is 5.32 Å². The number of urea groups is 1. The van der Waals surface area contributed by atoms with Crippen molar-refractivity contribution in [3.63, 3.8) is 0 Å². The zero-order valence-electron chi connectivity index (χ0n) is 21.0. The Balaban J connectivity index is 1.70. The van der Waals surface area contributed by atoms with Crippen molar-refractivity contribution in [2.24, 2.45) is 0 Å². The van der Waals surface area contributed by atoms with E-state index in [9.17, 15) is 13.2 Å². The highest BCUT2D eigenvalue weighted by atomic mass is 35.5. The summed E-state index contributed by atoms with van der Waals surface area (Å²) in [4.78, 5) is 17.0. The van der Waals surface area contributed by atoms with Gasteiger partial charge < -0.3 is 10.2 Å². The molecule has 202 valence electrons. The van der Waals surface area contributed by atoms with Crippen LogP contribution in [0.1, 0.15) is 38.3 Å². The molecule has 1 unspecified atom stereocenters. The van der Waals surface area contributed by atoms with E-state index in [1.807, 2.05) is 12.1 Å². The van der Waals surface area contributed by atoms with Gasteiger partial charge in [-0.1, -0.05) is 66.5 Å². The highest BCUT2D eigenvalue weighted by molar-refractivity contribution is 7.99. The molecule has 1 fully saturated rings. The third-order valence-electron chi connectivity index (χ3n) is 6.42. The smallest absolute Gasteiger partial charge is 0.317 e. The van der Waals surface area contributed by atoms with Crippen LogP contribution >= 0.6 is 46.6 Å². The molecule has 38 heavy (non-hydrogen) atoms. The van der Waals surface area contributed by atoms with Crippen LogP contribution in [0.3, 0.4) is 0 Å². The average molecular weight is 613 g/mol. The molecule has 3 aromatic rings. The Morgan fingerprint density at radius 1 is 1.03 bits per heavy atom. The second-order valence-corrected chi connectivity index (χ2v) is 13.0. The minimum absolute atomic E-state index is 0.115. The van der Waals surface area contributed by atoms with Gasteiger partial charge in [0, 0.05) is 50.1 Å². The molecule has 1 aliphatic heterocycles. The Labute approximate surface area is 243 Å². The molecular weight excluding hydrogens is 585 g/mol. The number of nitrogens with zero attached hydrogens (tertiary/aromatic N) is 2. The number of benzene rings is 3. The lowest BCUT2D eigenvalue weighted by Crippen LogP contribution is -2.35. The molecule has 6 nitrogen and oxygen atoms in total. The van der Waals surface area contributed by atoms with Crippen LogP contribution in [0.25, 0.3) is 0 Å². The van der Waals surface area contributed by atoms with Gasteiger partial charge >= 0.3 is 6.03 Å². The Hall–Kier alpha value is -1.94. The predicted molar refractivity (Wildman–Crippen MR) is 156 cm³/mol. The number of hydrogen-bond acceptors (Lipinski definition) is 4. The number of halogens is 3. The molecule has 0 bridgehead atoms. The number of carbonyl (C=O) groups excluding carboxylic acids is 1. The van der Waals surface area contributed by atoms with Crippen molar-refractivity contribution >= 4 is 68.3 Å². The Bertz CT molecular complexity index is 1390. The normalized spacial score (nSPS) is 15.7. The topological polar surface area (TPSA) is 69.7 Å². The van der Waals surface area contributed by atoms with Crippen molar-refractivity contribution in [2.75, 3.05) is 25.0 Å². The van der Waals surface area contributed by atoms with Gasteiger partial charge in [-0.2, -0.15) is 4.31 Å². The molecule has 1 N–H and O–H groups in total. The van der Waals surface area contributed by atoms with Crippen LogP contribution in [0.2, 0.25) is 15.1 Å². The first-order valence-corrected chi connectivity index (χ1v) is 15.6. The van der Waals surface area contributed by atoms with Crippen LogP contribution in [0, 0.1) is 0 Å². The van der Waals surface area contributed by atoms with Gasteiger partial charge in [0.1, 0.15) is 0 Å². The van der Waals surface area contributed by atoms with Crippen LogP contribution in [-0.4, -0.2) is 43.3 Å². The summed E-state index contributed by atoms with van der Waals surface area (Å²) >= 11 is 20.4. The van der Waals surface area contributed by atoms with Crippen LogP contribution in [-0.2, 0) is 10.0 Å². The van der Waals surface area contributed by atoms with E-state index in [4.69, 9.17) is 34.8 Å². The maximum Gasteiger partial charge on any atom is 0.322 e. The quantitative estimate of drug-likeness (QED) is 0.278. The molecule has 1 saturated heterocycles. The molecule has 0 aliphatic carbocycles. The number of rotatable bonds is 8. The molecule has 1 heterocycles. The lowest BCUT2D eigenvalue weighted by Gasteiger charge is -2.27. The van der Waals surface area contributed by atoms with E-state index in [1.165, 1.54) is 22.1 Å². The fourth-order valence-electron chi connectivity index (χ4n) is 4.52. The summed E-state index contributed by atoms with van der Waals surface area (Å²) in [6.45, 7) is 4.80. The van der Waals surface area contributed by atoms with Crippen molar-refractivity contribution < 1.29 is 13.2 Å². The fourth-order valence-corrected chi connectivity index (χ4v) is 7.67. The first kappa shape index (κ1) is 29.1. The zero-order chi connectivity index (χ0) is 27.4. The summed E-state index contributed by atoms with van der Waals surface area (Å²) in [5.41, 5.74) is 1.12. The molecular formula is C27H28Cl3N3O3S2. The number of likely N-dealkylation sites (tertiary alicyclic amines) is 1. The van der Waals surface area contributed by atoms with Gasteiger partial charge in [-0.05, 0) is 67.4 Å². The van der Waals surface area contributed by atoms with Crippen molar-refractivity contribution in [3.8, 4) is 0 Å². The molecule has 0 radical (unpaired) electrons. The van der Waals surface area contributed by atoms with Gasteiger partial charge in [0.15, 0.2) is 0 Å². The summed E-state index contributed by atoms with van der Waals surface area (Å²) in [6, 6.07) is 16.8. The van der Waals surface area contributed by atoms with Crippen LogP contribution in [0.5, 0.6) is 0 Å². The van der Waals surface area contributed by atoms with Gasteiger partial charge in [0.25, 0.3) is 0 Å². The first-order valence-electron chi connectivity index (χ1n) is 12.2. The Morgan fingerprint density at radius 3 is 2.32 bits per heavy atom. The van der Waals surface area contributed by atoms with E-state index in [0.717, 1.165) is 23.3 Å². The van der Waals surface area contributed by atoms with Gasteiger partial charge in [-0.15, -0.1) is 0 Å². The zero-order valence-corrected chi connectivity index (χ0v) is 24.9. The number of hydrogen-bond donors (Lipinski definition) is 1. The van der Waals surface area contributed by atoms with Gasteiger partial charge in [-0.3, -0.25) is 0 Å². The lowest BCUT2D eigenvalue weighted by molar-refractivity contribution is 0.207. The molecule has 2 amide bonds. The van der Waals surface area contributed by atoms with Crippen molar-refractivity contribution in [3.05, 3.63) is 81.3 Å². The summed E-state index contributed by atoms with van der Waals surface area (Å²) in [5.74, 6) is 0. The number of anilines is 1. The van der Waals surface area contributed by atoms with E-state index in [0.29, 0.717) is 45.3 Å². The number of nitrogens with one attached hydrogen (secondary N) is 1. The van der Waals surface area contributed by atoms with E-state index < -0.39 is 10.0 Å². The van der Waals surface area contributed by atoms with Crippen LogP contribution in [0.15, 0.2) is 75.4 Å². The number of carbonyl (C=O) groups is 1. The third-order valence-corrected chi connectivity index (χ3v) is 10.5. The minimum atomic E-state index is -3.73. The SMILES string of the molecule is CCN(CC)S(=O)(=O)c1ccc(Sc2ccc(Cl)cc2)c(NC(=O)N2CCCC2c2c(Cl)cccc2Cl)c1. The minimum Gasteiger partial charge on any atom is -0.317 e. The Morgan fingerprint density at radius 2 is 1.68 bits per heavy atom. The lowest BCUT2D eigenvalue weighted by atomic mass is 10.0. The predicted octanol–water partition coefficient (Wildman–Crippen LogP) is 8.20. The van der Waals surface area contributed by atoms with Gasteiger partial charge in [-0.25, -0.2) is 13.2 Å². The highest BCUT2D eigenvalue weighted by Crippen LogP contribution is 2.41. The second kappa shape index (κ2) is 12.5. The van der Waals surface area contributed by atoms with Crippen molar-refractivity contribution in [1.82, 2.24) is 9.21 Å². The monoisotopic (exact) mass is 611 g/mol. The molecule has 0 spiro atoms. The summed E-state index contributed by atoms with van der Waals surface area (Å²) in [5, 5.41) is 4.61. The van der Waals surface area contributed by atoms with E-state index in [1.54, 1.807) is 61.2 Å². The maximum absolute atomic E-state index is 13.6. The van der Waals surface area contributed by atoms with Gasteiger partial charge in [0.2, 0.25) is 10.0 Å². The van der Waals surface area contributed by atoms with Crippen molar-refractivity contribution in [2.45, 2.75) is 47.4 Å². The fraction of sp³-hybridized carbons (Fsp3) is 0.296. The van der Waals surface area contributed by atoms with Crippen LogP contribution in [0.4, 0.5) is 10.5 Å². The molecule has 1 aliphatic rings. The standard InChI is InChI=1S/C27H28Cl3N3O3S2/c1-3-32(4-2)38(35,36)20-14-15-25(37-19-12-10-18(28)11-13-19)23(17-20)31-27(34)33-16-6-9-24(33)26-21(29)7-5-8-22(26)30/h5,7-8,10-15,17,24H,3-4,6,9,16H2,1-2H3,(H,31,34). The molecule has 3 aromatic carbocycles. The molecule has 4 rings (SSSR count). The van der Waals surface area contributed by atoms with E-state index >= 15 is 0 Å². The largest absolute Gasteiger partial charge is 0.322 e. The maximum atomic E-state index is 13.6. The average Bonchev–Trinajstić information content (AvgIpc) is 3.36. The van der Waals surface area contributed by atoms with Gasteiger partial charge in [0.05, 0.1) is 16.6 Å².